The van der Waals surface area contributed by atoms with Gasteiger partial charge in [-0.25, -0.2) is 45.6 Å². The van der Waals surface area contributed by atoms with E-state index in [4.69, 9.17) is 27.8 Å². The molecule has 0 unspecified atom stereocenters. The van der Waals surface area contributed by atoms with Gasteiger partial charge in [-0.1, -0.05) is 12.1 Å². The minimum absolute atomic E-state index is 0.0121. The number of hydrogen-bond acceptors (Lipinski definition) is 18. The van der Waals surface area contributed by atoms with Gasteiger partial charge in [0.15, 0.2) is 54.5 Å². The Morgan fingerprint density at radius 1 is 0.542 bits per heavy atom. The highest BCUT2D eigenvalue weighted by atomic mass is 32.2. The normalized spacial score (nSPS) is 12.5. The van der Waals surface area contributed by atoms with Crippen LogP contribution in [-0.4, -0.2) is 105 Å². The van der Waals surface area contributed by atoms with Crippen molar-refractivity contribution in [3.05, 3.63) is 131 Å². The fourth-order valence-electron chi connectivity index (χ4n) is 7.38. The summed E-state index contributed by atoms with van der Waals surface area (Å²) in [4.78, 5) is 15.5. The summed E-state index contributed by atoms with van der Waals surface area (Å²) in [6, 6.07) is 14.1. The van der Waals surface area contributed by atoms with Crippen molar-refractivity contribution in [3.63, 3.8) is 0 Å². The van der Waals surface area contributed by atoms with Crippen LogP contribution in [0.3, 0.4) is 0 Å². The summed E-state index contributed by atoms with van der Waals surface area (Å²) in [6.07, 6.45) is 4.05. The monoisotopic (exact) mass is 1030 g/mol. The maximum Gasteiger partial charge on any atom is 0.204 e. The molecule has 0 aliphatic heterocycles. The van der Waals surface area contributed by atoms with Gasteiger partial charge in [0.1, 0.15) is 69.0 Å². The van der Waals surface area contributed by atoms with Crippen LogP contribution < -0.4 is 18.9 Å². The van der Waals surface area contributed by atoms with Gasteiger partial charge in [-0.2, -0.15) is 0 Å². The van der Waals surface area contributed by atoms with Crippen molar-refractivity contribution in [2.24, 2.45) is 0 Å². The SMILES string of the molecule is COc1cccc(OC)c1-n1c(CS(=O)(=O)[C@@H](C)Cc2ncc(F)cn2)nnc1-c1cc(C)c(C)o1.COc1cccc(OC)c1-n1c(CS(=O)(=O)[C@H](C)Cc2ncc(F)cn2)nnc1-c1cc(C)c(C)o1. The molecule has 0 N–H and O–H groups in total. The summed E-state index contributed by atoms with van der Waals surface area (Å²) in [5, 5.41) is 15.3. The third-order valence-electron chi connectivity index (χ3n) is 11.7. The molecule has 0 aliphatic carbocycles. The van der Waals surface area contributed by atoms with Crippen LogP contribution in [0.5, 0.6) is 23.0 Å². The molecule has 0 fully saturated rings. The van der Waals surface area contributed by atoms with E-state index in [0.717, 1.165) is 35.9 Å². The molecule has 20 nitrogen and oxygen atoms in total. The summed E-state index contributed by atoms with van der Waals surface area (Å²) in [5.41, 5.74) is 2.70. The summed E-state index contributed by atoms with van der Waals surface area (Å²) in [5.74, 6) is 3.24. The number of sulfone groups is 2. The Bertz CT molecular complexity index is 3100. The maximum absolute atomic E-state index is 13.4. The van der Waals surface area contributed by atoms with Crippen LogP contribution in [0.2, 0.25) is 0 Å². The van der Waals surface area contributed by atoms with Gasteiger partial charge < -0.3 is 27.8 Å². The standard InChI is InChI=1S/2C24H26FN5O5S/c2*1-14-9-20(35-16(14)3)24-29-28-22(30(24)23-18(33-4)7-6-8-19(23)34-5)13-36(31,32)15(2)10-21-26-11-17(25)12-27-21/h2*6-9,11-12,15H,10,13H2,1-5H3/t2*15-/m10/s1. The molecule has 6 heterocycles. The van der Waals surface area contributed by atoms with Gasteiger partial charge in [-0.05, 0) is 89.1 Å². The van der Waals surface area contributed by atoms with E-state index in [1.165, 1.54) is 28.4 Å². The number of halogens is 2. The van der Waals surface area contributed by atoms with E-state index in [9.17, 15) is 25.6 Å². The van der Waals surface area contributed by atoms with Crippen molar-refractivity contribution in [1.29, 1.82) is 0 Å². The summed E-state index contributed by atoms with van der Waals surface area (Å²) in [6.45, 7) is 10.6. The van der Waals surface area contributed by atoms with E-state index < -0.39 is 53.3 Å². The van der Waals surface area contributed by atoms with E-state index >= 15 is 0 Å². The van der Waals surface area contributed by atoms with Crippen LogP contribution in [0.25, 0.3) is 34.5 Å². The second-order valence-electron chi connectivity index (χ2n) is 16.6. The highest BCUT2D eigenvalue weighted by Gasteiger charge is 2.32. The first-order valence-corrected chi connectivity index (χ1v) is 25.5. The van der Waals surface area contributed by atoms with Gasteiger partial charge in [-0.3, -0.25) is 9.13 Å². The van der Waals surface area contributed by atoms with Gasteiger partial charge in [0.05, 0.1) is 63.7 Å². The van der Waals surface area contributed by atoms with Gasteiger partial charge in [0.2, 0.25) is 11.6 Å². The summed E-state index contributed by atoms with van der Waals surface area (Å²) >= 11 is 0. The molecule has 72 heavy (non-hydrogen) atoms. The molecule has 2 aromatic carbocycles. The highest BCUT2D eigenvalue weighted by molar-refractivity contribution is 7.91. The van der Waals surface area contributed by atoms with Crippen LogP contribution >= 0.6 is 0 Å². The van der Waals surface area contributed by atoms with Crippen molar-refractivity contribution < 1.29 is 53.4 Å². The topological polar surface area (TPSA) is 244 Å². The van der Waals surface area contributed by atoms with Gasteiger partial charge in [0, 0.05) is 12.8 Å². The average Bonchev–Trinajstić information content (AvgIpc) is 4.14. The Morgan fingerprint density at radius 2 is 0.861 bits per heavy atom. The zero-order chi connectivity index (χ0) is 52.1. The number of methoxy groups -OCH3 is 4. The largest absolute Gasteiger partial charge is 0.494 e. The number of ether oxygens (including phenoxy) is 4. The Kier molecular flexibility index (Phi) is 15.8. The molecular formula is C48H52F2N10O10S2. The fraction of sp³-hybridized carbons (Fsp3) is 0.333. The zero-order valence-electron chi connectivity index (χ0n) is 41.0. The number of furan rings is 2. The quantitative estimate of drug-likeness (QED) is 0.0820. The van der Waals surface area contributed by atoms with Gasteiger partial charge >= 0.3 is 0 Å². The van der Waals surface area contributed by atoms with Crippen molar-refractivity contribution in [3.8, 4) is 57.5 Å². The Balaban J connectivity index is 0.000000211. The van der Waals surface area contributed by atoms with Crippen LogP contribution in [-0.2, 0) is 44.0 Å². The van der Waals surface area contributed by atoms with E-state index in [1.807, 2.05) is 39.8 Å². The number of nitrogens with zero attached hydrogens (tertiary/aromatic N) is 10. The number of para-hydroxylation sites is 2. The van der Waals surface area contributed by atoms with Crippen molar-refractivity contribution in [1.82, 2.24) is 49.5 Å². The molecule has 0 saturated heterocycles. The number of aryl methyl sites for hydroxylation is 4. The predicted molar refractivity (Wildman–Crippen MR) is 259 cm³/mol. The lowest BCUT2D eigenvalue weighted by molar-refractivity contribution is 0.390. The number of hydrogen-bond donors (Lipinski definition) is 0. The molecule has 0 amide bonds. The van der Waals surface area contributed by atoms with Crippen molar-refractivity contribution in [2.75, 3.05) is 28.4 Å². The molecule has 2 atom stereocenters. The lowest BCUT2D eigenvalue weighted by Crippen LogP contribution is -2.24. The first kappa shape index (κ1) is 52.2. The lowest BCUT2D eigenvalue weighted by atomic mass is 10.2. The fourth-order valence-corrected chi connectivity index (χ4v) is 9.85. The van der Waals surface area contributed by atoms with Crippen LogP contribution in [0.15, 0.2) is 82.2 Å². The minimum atomic E-state index is -3.77. The molecular weight excluding hydrogens is 979 g/mol. The molecule has 0 aliphatic rings. The van der Waals surface area contributed by atoms with Gasteiger partial charge in [-0.15, -0.1) is 20.4 Å². The molecule has 0 spiro atoms. The Hall–Kier alpha value is -7.60. The molecule has 24 heteroatoms. The zero-order valence-corrected chi connectivity index (χ0v) is 42.7. The molecule has 0 saturated carbocycles. The van der Waals surface area contributed by atoms with Crippen LogP contribution in [0, 0.1) is 39.3 Å². The van der Waals surface area contributed by atoms with E-state index in [1.54, 1.807) is 59.4 Å². The van der Waals surface area contributed by atoms with E-state index in [0.29, 0.717) is 69.1 Å². The minimum Gasteiger partial charge on any atom is -0.494 e. The van der Waals surface area contributed by atoms with E-state index in [2.05, 4.69) is 40.3 Å². The lowest BCUT2D eigenvalue weighted by Gasteiger charge is -2.17. The smallest absolute Gasteiger partial charge is 0.204 e. The Labute approximate surface area is 414 Å². The van der Waals surface area contributed by atoms with Crippen LogP contribution in [0.1, 0.15) is 59.8 Å². The molecule has 0 radical (unpaired) electrons. The Morgan fingerprint density at radius 3 is 1.14 bits per heavy atom. The predicted octanol–water partition coefficient (Wildman–Crippen LogP) is 7.27. The maximum atomic E-state index is 13.4. The number of aromatic nitrogens is 10. The average molecular weight is 1030 g/mol. The van der Waals surface area contributed by atoms with E-state index in [-0.39, 0.29) is 36.1 Å². The van der Waals surface area contributed by atoms with Crippen molar-refractivity contribution >= 4 is 19.7 Å². The molecule has 380 valence electrons. The first-order chi connectivity index (χ1) is 34.3. The second kappa shape index (κ2) is 21.8. The van der Waals surface area contributed by atoms with Gasteiger partial charge in [0.25, 0.3) is 0 Å². The number of benzene rings is 2. The van der Waals surface area contributed by atoms with Crippen LogP contribution in [0.4, 0.5) is 8.78 Å². The highest BCUT2D eigenvalue weighted by Crippen LogP contribution is 2.39. The number of rotatable bonds is 18. The molecule has 8 rings (SSSR count). The van der Waals surface area contributed by atoms with Crippen molar-refractivity contribution in [2.45, 2.75) is 76.4 Å². The molecule has 8 aromatic rings. The first-order valence-electron chi connectivity index (χ1n) is 22.1. The third-order valence-corrected chi connectivity index (χ3v) is 15.8. The molecule has 6 aromatic heterocycles. The second-order valence-corrected chi connectivity index (χ2v) is 21.4. The molecule has 0 bridgehead atoms. The summed E-state index contributed by atoms with van der Waals surface area (Å²) in [7, 11) is -1.53. The summed E-state index contributed by atoms with van der Waals surface area (Å²) < 4.78 is 117. The third kappa shape index (κ3) is 11.3.